The van der Waals surface area contributed by atoms with Crippen molar-refractivity contribution in [2.24, 2.45) is 0 Å². The van der Waals surface area contributed by atoms with Crippen molar-refractivity contribution in [1.82, 2.24) is 0 Å². The molecule has 0 rings (SSSR count). The molecule has 0 aliphatic rings. The smallest absolute Gasteiger partial charge is 0.0209 e. The van der Waals surface area contributed by atoms with Gasteiger partial charge in [-0.15, -0.1) is 5.73 Å². The van der Waals surface area contributed by atoms with Gasteiger partial charge in [-0.25, -0.2) is 0 Å². The standard InChI is InChI=1S/C10H16/c1-3-5-7-9-10-8-6-4-2/h5,7,9H,1,4,6,8,10H2,2H3. The summed E-state index contributed by atoms with van der Waals surface area (Å²) in [6, 6.07) is 0. The van der Waals surface area contributed by atoms with Crippen LogP contribution in [0, 0.1) is 0 Å². The largest absolute Gasteiger partial charge is 0.129 e. The molecule has 10 heavy (non-hydrogen) atoms. The summed E-state index contributed by atoms with van der Waals surface area (Å²) >= 11 is 0. The van der Waals surface area contributed by atoms with Gasteiger partial charge in [0.15, 0.2) is 0 Å². The van der Waals surface area contributed by atoms with Crippen LogP contribution >= 0.6 is 0 Å². The molecule has 0 N–H and O–H groups in total. The van der Waals surface area contributed by atoms with Crippen LogP contribution in [0.15, 0.2) is 30.5 Å². The van der Waals surface area contributed by atoms with Crippen molar-refractivity contribution in [3.05, 3.63) is 30.5 Å². The second kappa shape index (κ2) is 8.26. The molecule has 0 heterocycles. The van der Waals surface area contributed by atoms with Gasteiger partial charge in [0, 0.05) is 0 Å². The van der Waals surface area contributed by atoms with Crippen LogP contribution in [-0.4, -0.2) is 0 Å². The molecule has 0 amide bonds. The van der Waals surface area contributed by atoms with Gasteiger partial charge in [0.2, 0.25) is 0 Å². The summed E-state index contributed by atoms with van der Waals surface area (Å²) in [6.07, 6.45) is 11.1. The molecule has 0 heteroatoms. The molecule has 0 saturated carbocycles. The Hall–Kier alpha value is -0.740. The SMILES string of the molecule is C=C=CC=CCCCCC. The molecule has 0 aliphatic carbocycles. The first kappa shape index (κ1) is 9.26. The Kier molecular flexibility index (Phi) is 7.65. The number of hydrogen-bond acceptors (Lipinski definition) is 0. The Balaban J connectivity index is 3.10. The lowest BCUT2D eigenvalue weighted by atomic mass is 10.2. The van der Waals surface area contributed by atoms with Crippen molar-refractivity contribution < 1.29 is 0 Å². The summed E-state index contributed by atoms with van der Waals surface area (Å²) < 4.78 is 0. The highest BCUT2D eigenvalue weighted by atomic mass is 13.8. The Morgan fingerprint density at radius 1 is 1.40 bits per heavy atom. The van der Waals surface area contributed by atoms with Gasteiger partial charge < -0.3 is 0 Å². The van der Waals surface area contributed by atoms with Gasteiger partial charge in [0.1, 0.15) is 0 Å². The molecule has 0 radical (unpaired) electrons. The summed E-state index contributed by atoms with van der Waals surface area (Å²) in [7, 11) is 0. The molecule has 0 aromatic heterocycles. The molecule has 0 fully saturated rings. The van der Waals surface area contributed by atoms with Gasteiger partial charge in [-0.05, 0) is 18.9 Å². The Morgan fingerprint density at radius 3 is 2.80 bits per heavy atom. The van der Waals surface area contributed by atoms with E-state index in [1.165, 1.54) is 25.7 Å². The zero-order chi connectivity index (χ0) is 7.66. The average Bonchev–Trinajstić information content (AvgIpc) is 1.97. The van der Waals surface area contributed by atoms with Crippen LogP contribution in [0.5, 0.6) is 0 Å². The van der Waals surface area contributed by atoms with Crippen molar-refractivity contribution in [3.63, 3.8) is 0 Å². The predicted octanol–water partition coefficient (Wildman–Crippen LogP) is 3.46. The molecule has 0 aliphatic heterocycles. The minimum absolute atomic E-state index is 1.19. The molecule has 0 spiro atoms. The number of hydrogen-bond donors (Lipinski definition) is 0. The third-order valence-corrected chi connectivity index (χ3v) is 1.32. The van der Waals surface area contributed by atoms with E-state index < -0.39 is 0 Å². The maximum absolute atomic E-state index is 3.46. The van der Waals surface area contributed by atoms with Crippen molar-refractivity contribution in [3.8, 4) is 0 Å². The lowest BCUT2D eigenvalue weighted by Gasteiger charge is -1.89. The fourth-order valence-electron chi connectivity index (χ4n) is 0.744. The van der Waals surface area contributed by atoms with E-state index in [1.807, 2.05) is 12.2 Å². The number of unbranched alkanes of at least 4 members (excludes halogenated alkanes) is 3. The number of allylic oxidation sites excluding steroid dienone is 3. The second-order valence-electron chi connectivity index (χ2n) is 2.29. The Bertz CT molecular complexity index is 125. The van der Waals surface area contributed by atoms with Gasteiger partial charge in [0.05, 0.1) is 0 Å². The van der Waals surface area contributed by atoms with E-state index in [1.54, 1.807) is 0 Å². The zero-order valence-electron chi connectivity index (χ0n) is 6.77. The lowest BCUT2D eigenvalue weighted by Crippen LogP contribution is -1.69. The van der Waals surface area contributed by atoms with E-state index >= 15 is 0 Å². The average molecular weight is 136 g/mol. The minimum atomic E-state index is 1.19. The molecule has 0 unspecified atom stereocenters. The summed E-state index contributed by atoms with van der Waals surface area (Å²) in [6.45, 7) is 5.68. The van der Waals surface area contributed by atoms with Crippen LogP contribution < -0.4 is 0 Å². The lowest BCUT2D eigenvalue weighted by molar-refractivity contribution is 0.729. The Morgan fingerprint density at radius 2 is 2.20 bits per heavy atom. The van der Waals surface area contributed by atoms with Crippen LogP contribution in [0.2, 0.25) is 0 Å². The molecule has 0 saturated heterocycles. The van der Waals surface area contributed by atoms with Gasteiger partial charge in [-0.3, -0.25) is 0 Å². The third kappa shape index (κ3) is 7.26. The molecule has 0 aromatic carbocycles. The van der Waals surface area contributed by atoms with Gasteiger partial charge >= 0.3 is 0 Å². The van der Waals surface area contributed by atoms with Crippen LogP contribution in [0.3, 0.4) is 0 Å². The van der Waals surface area contributed by atoms with Crippen molar-refractivity contribution >= 4 is 0 Å². The van der Waals surface area contributed by atoms with E-state index in [2.05, 4.69) is 25.3 Å². The second-order valence-corrected chi connectivity index (χ2v) is 2.29. The fourth-order valence-corrected chi connectivity index (χ4v) is 0.744. The first-order chi connectivity index (χ1) is 4.91. The van der Waals surface area contributed by atoms with Crippen LogP contribution in [0.25, 0.3) is 0 Å². The highest BCUT2D eigenvalue weighted by Crippen LogP contribution is 1.98. The van der Waals surface area contributed by atoms with Crippen LogP contribution in [-0.2, 0) is 0 Å². The van der Waals surface area contributed by atoms with Crippen molar-refractivity contribution in [2.75, 3.05) is 0 Å². The highest BCUT2D eigenvalue weighted by molar-refractivity contribution is 4.99. The summed E-state index contributed by atoms with van der Waals surface area (Å²) in [5.74, 6) is 0. The van der Waals surface area contributed by atoms with E-state index in [0.717, 1.165) is 0 Å². The monoisotopic (exact) mass is 136 g/mol. The maximum atomic E-state index is 3.46. The van der Waals surface area contributed by atoms with Gasteiger partial charge in [0.25, 0.3) is 0 Å². The molecular weight excluding hydrogens is 120 g/mol. The topological polar surface area (TPSA) is 0 Å². The molecule has 0 nitrogen and oxygen atoms in total. The quantitative estimate of drug-likeness (QED) is 0.308. The van der Waals surface area contributed by atoms with E-state index in [4.69, 9.17) is 0 Å². The number of rotatable bonds is 5. The predicted molar refractivity (Wildman–Crippen MR) is 47.0 cm³/mol. The van der Waals surface area contributed by atoms with E-state index in [-0.39, 0.29) is 0 Å². The fraction of sp³-hybridized carbons (Fsp3) is 0.500. The van der Waals surface area contributed by atoms with Crippen molar-refractivity contribution in [1.29, 1.82) is 0 Å². The summed E-state index contributed by atoms with van der Waals surface area (Å²) in [4.78, 5) is 0. The highest BCUT2D eigenvalue weighted by Gasteiger charge is 1.79. The van der Waals surface area contributed by atoms with Gasteiger partial charge in [-0.2, -0.15) is 0 Å². The minimum Gasteiger partial charge on any atom is -0.129 e. The molecule has 0 atom stereocenters. The summed E-state index contributed by atoms with van der Waals surface area (Å²) in [5, 5.41) is 0. The molecule has 0 bridgehead atoms. The molecular formula is C10H16. The molecule has 0 aromatic rings. The van der Waals surface area contributed by atoms with Crippen LogP contribution in [0.4, 0.5) is 0 Å². The first-order valence-corrected chi connectivity index (χ1v) is 3.92. The van der Waals surface area contributed by atoms with E-state index in [0.29, 0.717) is 0 Å². The zero-order valence-corrected chi connectivity index (χ0v) is 6.77. The van der Waals surface area contributed by atoms with E-state index in [9.17, 15) is 0 Å². The first-order valence-electron chi connectivity index (χ1n) is 3.92. The van der Waals surface area contributed by atoms with Gasteiger partial charge in [-0.1, -0.05) is 38.5 Å². The summed E-state index contributed by atoms with van der Waals surface area (Å²) in [5.41, 5.74) is 2.70. The maximum Gasteiger partial charge on any atom is -0.0209 e. The Labute approximate surface area is 64.0 Å². The van der Waals surface area contributed by atoms with Crippen molar-refractivity contribution in [2.45, 2.75) is 32.6 Å². The van der Waals surface area contributed by atoms with Crippen LogP contribution in [0.1, 0.15) is 32.6 Å². The molecule has 56 valence electrons. The third-order valence-electron chi connectivity index (χ3n) is 1.32. The normalized spacial score (nSPS) is 9.70.